The molecule has 1 aliphatic rings. The molecule has 0 N–H and O–H groups in total. The Balaban J connectivity index is 1.65. The summed E-state index contributed by atoms with van der Waals surface area (Å²) in [4.78, 5) is 4.70. The fourth-order valence-corrected chi connectivity index (χ4v) is 4.10. The van der Waals surface area contributed by atoms with E-state index in [4.69, 9.17) is 4.42 Å². The third kappa shape index (κ3) is 3.87. The summed E-state index contributed by atoms with van der Waals surface area (Å²) in [5.74, 6) is 2.11. The zero-order valence-electron chi connectivity index (χ0n) is 18.3. The van der Waals surface area contributed by atoms with Crippen molar-refractivity contribution < 1.29 is 8.98 Å². The second kappa shape index (κ2) is 9.21. The lowest BCUT2D eigenvalue weighted by Crippen LogP contribution is -2.35. The van der Waals surface area contributed by atoms with Crippen LogP contribution in [0.4, 0.5) is 11.4 Å². The van der Waals surface area contributed by atoms with Gasteiger partial charge in [0.2, 0.25) is 5.58 Å². The molecule has 156 valence electrons. The normalized spacial score (nSPS) is 15.1. The number of anilines is 2. The Bertz CT molecular complexity index is 1060. The van der Waals surface area contributed by atoms with Crippen LogP contribution < -0.4 is 14.4 Å². The van der Waals surface area contributed by atoms with Gasteiger partial charge in [0.05, 0.1) is 17.5 Å². The van der Waals surface area contributed by atoms with Crippen LogP contribution in [0.5, 0.6) is 0 Å². The lowest BCUT2D eigenvalue weighted by molar-refractivity contribution is -0.678. The van der Waals surface area contributed by atoms with Crippen molar-refractivity contribution >= 4 is 28.6 Å². The number of fused-ring (bicyclic) bond motifs is 2. The molecule has 0 fully saturated rings. The van der Waals surface area contributed by atoms with Crippen molar-refractivity contribution in [3.05, 3.63) is 72.4 Å². The van der Waals surface area contributed by atoms with Gasteiger partial charge >= 0.3 is 5.89 Å². The molecule has 1 aliphatic heterocycles. The smallest absolute Gasteiger partial charge is 0.374 e. The predicted molar refractivity (Wildman–Crippen MR) is 126 cm³/mol. The number of nitrogens with zero attached hydrogens (tertiary/aromatic N) is 3. The SMILES string of the molecule is CCCCN1C(=CC=Cc2oc3ccccc3[n+]2CCCC)N(C)c2ccccc21. The van der Waals surface area contributed by atoms with Crippen molar-refractivity contribution in [1.82, 2.24) is 0 Å². The third-order valence-corrected chi connectivity index (χ3v) is 5.75. The first kappa shape index (κ1) is 20.3. The van der Waals surface area contributed by atoms with E-state index in [2.05, 4.69) is 89.9 Å². The Morgan fingerprint density at radius 1 is 0.933 bits per heavy atom. The third-order valence-electron chi connectivity index (χ3n) is 5.75. The fourth-order valence-electron chi connectivity index (χ4n) is 4.10. The highest BCUT2D eigenvalue weighted by atomic mass is 16.3. The van der Waals surface area contributed by atoms with Crippen LogP contribution in [0.3, 0.4) is 0 Å². The second-order valence-electron chi connectivity index (χ2n) is 7.85. The van der Waals surface area contributed by atoms with E-state index in [0.717, 1.165) is 42.9 Å². The van der Waals surface area contributed by atoms with Gasteiger partial charge in [0.15, 0.2) is 6.54 Å². The first-order valence-electron chi connectivity index (χ1n) is 11.1. The number of unbranched alkanes of at least 4 members (excludes halogenated alkanes) is 2. The van der Waals surface area contributed by atoms with Gasteiger partial charge in [0.25, 0.3) is 5.52 Å². The molecule has 0 aliphatic carbocycles. The van der Waals surface area contributed by atoms with Crippen molar-refractivity contribution in [2.45, 2.75) is 46.1 Å². The predicted octanol–water partition coefficient (Wildman–Crippen LogP) is 6.13. The Hall–Kier alpha value is -3.01. The molecule has 0 saturated carbocycles. The van der Waals surface area contributed by atoms with Crippen LogP contribution in [0.25, 0.3) is 17.2 Å². The summed E-state index contributed by atoms with van der Waals surface area (Å²) in [6.07, 6.45) is 11.1. The van der Waals surface area contributed by atoms with Gasteiger partial charge in [-0.1, -0.05) is 51.0 Å². The van der Waals surface area contributed by atoms with E-state index in [1.807, 2.05) is 12.1 Å². The van der Waals surface area contributed by atoms with E-state index in [-0.39, 0.29) is 0 Å². The molecular formula is C26H32N3O+. The molecule has 0 saturated heterocycles. The van der Waals surface area contributed by atoms with Crippen molar-refractivity contribution in [2.24, 2.45) is 0 Å². The van der Waals surface area contributed by atoms with E-state index in [9.17, 15) is 0 Å². The van der Waals surface area contributed by atoms with E-state index >= 15 is 0 Å². The van der Waals surface area contributed by atoms with Crippen molar-refractivity contribution in [3.8, 4) is 0 Å². The van der Waals surface area contributed by atoms with E-state index in [1.54, 1.807) is 0 Å². The van der Waals surface area contributed by atoms with Crippen molar-refractivity contribution in [1.29, 1.82) is 0 Å². The maximum Gasteiger partial charge on any atom is 0.374 e. The molecule has 3 aromatic rings. The zero-order chi connectivity index (χ0) is 20.9. The maximum absolute atomic E-state index is 6.16. The number of hydrogen-bond acceptors (Lipinski definition) is 3. The highest BCUT2D eigenvalue weighted by molar-refractivity contribution is 5.82. The second-order valence-corrected chi connectivity index (χ2v) is 7.85. The quantitative estimate of drug-likeness (QED) is 0.423. The molecule has 2 aromatic carbocycles. The summed E-state index contributed by atoms with van der Waals surface area (Å²) >= 11 is 0. The summed E-state index contributed by atoms with van der Waals surface area (Å²) in [6.45, 7) is 6.46. The van der Waals surface area contributed by atoms with Gasteiger partial charge in [-0.2, -0.15) is 4.57 Å². The lowest BCUT2D eigenvalue weighted by atomic mass is 10.2. The summed E-state index contributed by atoms with van der Waals surface area (Å²) in [5, 5.41) is 0. The Kier molecular flexibility index (Phi) is 6.22. The Morgan fingerprint density at radius 3 is 2.47 bits per heavy atom. The average molecular weight is 403 g/mol. The van der Waals surface area contributed by atoms with Gasteiger partial charge in [-0.25, -0.2) is 0 Å². The van der Waals surface area contributed by atoms with E-state index < -0.39 is 0 Å². The van der Waals surface area contributed by atoms with Crippen LogP contribution in [0.2, 0.25) is 0 Å². The highest BCUT2D eigenvalue weighted by Gasteiger charge is 2.27. The van der Waals surface area contributed by atoms with Crippen LogP contribution in [0.15, 0.2) is 70.9 Å². The molecule has 4 nitrogen and oxygen atoms in total. The Morgan fingerprint density at radius 2 is 1.67 bits per heavy atom. The topological polar surface area (TPSA) is 23.5 Å². The molecule has 0 spiro atoms. The van der Waals surface area contributed by atoms with Gasteiger partial charge in [-0.05, 0) is 36.8 Å². The molecular weight excluding hydrogens is 370 g/mol. The summed E-state index contributed by atoms with van der Waals surface area (Å²) in [6, 6.07) is 16.9. The molecule has 0 atom stereocenters. The van der Waals surface area contributed by atoms with Crippen LogP contribution in [0, 0.1) is 0 Å². The summed E-state index contributed by atoms with van der Waals surface area (Å²) in [7, 11) is 2.15. The molecule has 0 unspecified atom stereocenters. The number of aryl methyl sites for hydroxylation is 1. The molecule has 1 aromatic heterocycles. The minimum absolute atomic E-state index is 0.903. The fraction of sp³-hybridized carbons (Fsp3) is 0.346. The standard InChI is InChI=1S/C26H32N3O/c1-4-6-19-28-22-14-9-8-13-21(22)27(3)25(28)17-12-18-26-29(20-7-5-2)23-15-10-11-16-24(23)30-26/h8-18H,4-7,19-20H2,1-3H3/q+1. The molecule has 0 amide bonds. The molecule has 0 radical (unpaired) electrons. The molecule has 2 heterocycles. The van der Waals surface area contributed by atoms with Gasteiger partial charge in [0, 0.05) is 26.1 Å². The van der Waals surface area contributed by atoms with Crippen LogP contribution in [-0.4, -0.2) is 13.6 Å². The number of rotatable bonds is 8. The van der Waals surface area contributed by atoms with E-state index in [0.29, 0.717) is 0 Å². The van der Waals surface area contributed by atoms with Crippen LogP contribution >= 0.6 is 0 Å². The van der Waals surface area contributed by atoms with E-state index in [1.165, 1.54) is 30.0 Å². The Labute approximate surface area is 179 Å². The number of hydrogen-bond donors (Lipinski definition) is 0. The van der Waals surface area contributed by atoms with Gasteiger partial charge in [0.1, 0.15) is 5.82 Å². The average Bonchev–Trinajstić information content (AvgIpc) is 3.26. The van der Waals surface area contributed by atoms with Gasteiger partial charge < -0.3 is 14.2 Å². The van der Waals surface area contributed by atoms with Gasteiger partial charge in [-0.15, -0.1) is 0 Å². The first-order chi connectivity index (χ1) is 14.7. The molecule has 4 rings (SSSR count). The number of para-hydroxylation sites is 4. The zero-order valence-corrected chi connectivity index (χ0v) is 18.3. The monoisotopic (exact) mass is 402 g/mol. The lowest BCUT2D eigenvalue weighted by Gasteiger charge is -2.22. The number of aromatic nitrogens is 1. The minimum atomic E-state index is 0.903. The first-order valence-corrected chi connectivity index (χ1v) is 11.1. The molecule has 30 heavy (non-hydrogen) atoms. The van der Waals surface area contributed by atoms with Crippen LogP contribution in [0.1, 0.15) is 45.4 Å². The van der Waals surface area contributed by atoms with Crippen molar-refractivity contribution in [3.63, 3.8) is 0 Å². The molecule has 4 heteroatoms. The van der Waals surface area contributed by atoms with Crippen LogP contribution in [-0.2, 0) is 6.54 Å². The number of oxazole rings is 1. The van der Waals surface area contributed by atoms with Gasteiger partial charge in [-0.3, -0.25) is 0 Å². The number of allylic oxidation sites excluding steroid dienone is 2. The summed E-state index contributed by atoms with van der Waals surface area (Å²) < 4.78 is 8.45. The maximum atomic E-state index is 6.16. The number of benzene rings is 2. The minimum Gasteiger partial charge on any atom is -0.398 e. The molecule has 0 bridgehead atoms. The largest absolute Gasteiger partial charge is 0.398 e. The highest BCUT2D eigenvalue weighted by Crippen LogP contribution is 2.40. The summed E-state index contributed by atoms with van der Waals surface area (Å²) in [5.41, 5.74) is 4.65. The van der Waals surface area contributed by atoms with Crippen molar-refractivity contribution in [2.75, 3.05) is 23.4 Å².